The van der Waals surface area contributed by atoms with Crippen molar-refractivity contribution in [2.45, 2.75) is 13.0 Å². The molecule has 1 amide bonds. The molecule has 90 valence electrons. The molecule has 0 aliphatic heterocycles. The minimum absolute atomic E-state index is 0.0276. The van der Waals surface area contributed by atoms with E-state index in [2.05, 4.69) is 24.0 Å². The van der Waals surface area contributed by atoms with Gasteiger partial charge in [-0.25, -0.2) is 5.43 Å². The molecule has 3 nitrogen and oxygen atoms in total. The second kappa shape index (κ2) is 6.66. The Bertz CT molecular complexity index is 386. The third-order valence-electron chi connectivity index (χ3n) is 2.58. The molecule has 0 spiro atoms. The summed E-state index contributed by atoms with van der Waals surface area (Å²) in [5.41, 5.74) is 6.21. The number of carbonyl (C=O) groups is 1. The first-order valence-electron chi connectivity index (χ1n) is 5.55. The number of nitrogens with one attached hydrogen (secondary N) is 2. The largest absolute Gasteiger partial charge is 0.287 e. The molecule has 1 rings (SSSR count). The lowest BCUT2D eigenvalue weighted by atomic mass is 10.0. The van der Waals surface area contributed by atoms with Gasteiger partial charge in [-0.3, -0.25) is 10.2 Å². The van der Waals surface area contributed by atoms with Crippen LogP contribution in [0.1, 0.15) is 17.3 Å². The Balaban J connectivity index is 2.53. The first-order valence-corrected chi connectivity index (χ1v) is 5.55. The van der Waals surface area contributed by atoms with Gasteiger partial charge in [0.1, 0.15) is 0 Å². The molecule has 3 heteroatoms. The number of carbonyl (C=O) groups excluding carboxylic acids is 1. The van der Waals surface area contributed by atoms with E-state index in [4.69, 9.17) is 0 Å². The molecule has 1 aromatic carbocycles. The van der Waals surface area contributed by atoms with Crippen molar-refractivity contribution in [2.75, 3.05) is 0 Å². The Labute approximate surface area is 102 Å². The van der Waals surface area contributed by atoms with Gasteiger partial charge >= 0.3 is 0 Å². The van der Waals surface area contributed by atoms with Crippen LogP contribution in [0.25, 0.3) is 0 Å². The molecule has 17 heavy (non-hydrogen) atoms. The summed E-state index contributed by atoms with van der Waals surface area (Å²) in [7, 11) is 0. The van der Waals surface area contributed by atoms with Crippen molar-refractivity contribution in [3.05, 3.63) is 61.2 Å². The second-order valence-corrected chi connectivity index (χ2v) is 3.82. The van der Waals surface area contributed by atoms with E-state index in [1.807, 2.05) is 31.2 Å². The van der Waals surface area contributed by atoms with Crippen molar-refractivity contribution >= 4 is 5.91 Å². The third kappa shape index (κ3) is 3.89. The van der Waals surface area contributed by atoms with E-state index in [0.29, 0.717) is 5.56 Å². The quantitative estimate of drug-likeness (QED) is 0.581. The van der Waals surface area contributed by atoms with Gasteiger partial charge in [0, 0.05) is 11.6 Å². The number of hydrogen-bond donors (Lipinski definition) is 2. The van der Waals surface area contributed by atoms with Gasteiger partial charge in [0.05, 0.1) is 0 Å². The lowest BCUT2D eigenvalue weighted by Crippen LogP contribution is -2.45. The van der Waals surface area contributed by atoms with Crippen LogP contribution >= 0.6 is 0 Å². The Hall–Kier alpha value is -1.87. The molecule has 1 aromatic rings. The van der Waals surface area contributed by atoms with Crippen molar-refractivity contribution in [1.82, 2.24) is 10.9 Å². The van der Waals surface area contributed by atoms with Crippen LogP contribution in [0.3, 0.4) is 0 Å². The minimum Gasteiger partial charge on any atom is -0.287 e. The van der Waals surface area contributed by atoms with Crippen LogP contribution in [-0.4, -0.2) is 11.9 Å². The van der Waals surface area contributed by atoms with Crippen LogP contribution in [0.15, 0.2) is 55.6 Å². The molecule has 0 aromatic heterocycles. The van der Waals surface area contributed by atoms with Crippen LogP contribution in [0, 0.1) is 5.92 Å². The number of hydrazine groups is 1. The predicted molar refractivity (Wildman–Crippen MR) is 70.4 cm³/mol. The number of rotatable bonds is 6. The summed E-state index contributed by atoms with van der Waals surface area (Å²) in [6, 6.07) is 9.02. The van der Waals surface area contributed by atoms with E-state index in [1.165, 1.54) is 0 Å². The summed E-state index contributed by atoms with van der Waals surface area (Å²) in [4.78, 5) is 11.7. The SMILES string of the molecule is C=C[C@H](NNC(=O)c1ccccc1)[C@@H](C)C=C. The van der Waals surface area contributed by atoms with E-state index in [-0.39, 0.29) is 17.9 Å². The average molecular weight is 230 g/mol. The molecular weight excluding hydrogens is 212 g/mol. The maximum absolute atomic E-state index is 11.7. The van der Waals surface area contributed by atoms with Crippen molar-refractivity contribution in [2.24, 2.45) is 5.92 Å². The van der Waals surface area contributed by atoms with Crippen molar-refractivity contribution in [3.63, 3.8) is 0 Å². The highest BCUT2D eigenvalue weighted by atomic mass is 16.2. The van der Waals surface area contributed by atoms with E-state index < -0.39 is 0 Å². The van der Waals surface area contributed by atoms with Gasteiger partial charge in [0.15, 0.2) is 0 Å². The molecule has 0 aliphatic carbocycles. The zero-order valence-electron chi connectivity index (χ0n) is 10.0. The van der Waals surface area contributed by atoms with Gasteiger partial charge in [-0.1, -0.05) is 37.3 Å². The van der Waals surface area contributed by atoms with Crippen LogP contribution < -0.4 is 10.9 Å². The fourth-order valence-corrected chi connectivity index (χ4v) is 1.36. The van der Waals surface area contributed by atoms with Crippen LogP contribution in [0.5, 0.6) is 0 Å². The first kappa shape index (κ1) is 13.2. The number of amides is 1. The maximum atomic E-state index is 11.7. The van der Waals surface area contributed by atoms with E-state index >= 15 is 0 Å². The fraction of sp³-hybridized carbons (Fsp3) is 0.214. The highest BCUT2D eigenvalue weighted by Crippen LogP contribution is 2.04. The van der Waals surface area contributed by atoms with Crippen molar-refractivity contribution in [1.29, 1.82) is 0 Å². The molecule has 0 saturated heterocycles. The number of benzene rings is 1. The summed E-state index contributed by atoms with van der Waals surface area (Å²) in [5, 5.41) is 0. The van der Waals surface area contributed by atoms with Gasteiger partial charge in [-0.2, -0.15) is 0 Å². The molecular formula is C14H18N2O. The Morgan fingerprint density at radius 3 is 2.41 bits per heavy atom. The zero-order valence-corrected chi connectivity index (χ0v) is 10.0. The first-order chi connectivity index (χ1) is 8.19. The molecule has 2 N–H and O–H groups in total. The standard InChI is InChI=1S/C14H18N2O/c1-4-11(3)13(5-2)15-16-14(17)12-9-7-6-8-10-12/h4-11,13,15H,1-2H2,3H3,(H,16,17)/t11-,13-/m0/s1. The lowest BCUT2D eigenvalue weighted by molar-refractivity contribution is 0.0926. The topological polar surface area (TPSA) is 41.1 Å². The van der Waals surface area contributed by atoms with Gasteiger partial charge in [-0.05, 0) is 18.1 Å². The fourth-order valence-electron chi connectivity index (χ4n) is 1.36. The summed E-state index contributed by atoms with van der Waals surface area (Å²) >= 11 is 0. The van der Waals surface area contributed by atoms with Gasteiger partial charge in [0.2, 0.25) is 0 Å². The van der Waals surface area contributed by atoms with Crippen molar-refractivity contribution in [3.8, 4) is 0 Å². The van der Waals surface area contributed by atoms with Crippen LogP contribution in [-0.2, 0) is 0 Å². The minimum atomic E-state index is -0.159. The highest BCUT2D eigenvalue weighted by Gasteiger charge is 2.11. The molecule has 0 heterocycles. The predicted octanol–water partition coefficient (Wildman–Crippen LogP) is 2.30. The molecule has 0 aliphatic rings. The second-order valence-electron chi connectivity index (χ2n) is 3.82. The van der Waals surface area contributed by atoms with Gasteiger partial charge in [0.25, 0.3) is 5.91 Å². The third-order valence-corrected chi connectivity index (χ3v) is 2.58. The Morgan fingerprint density at radius 1 is 1.24 bits per heavy atom. The molecule has 0 radical (unpaired) electrons. The monoisotopic (exact) mass is 230 g/mol. The lowest BCUT2D eigenvalue weighted by Gasteiger charge is -2.19. The van der Waals surface area contributed by atoms with Gasteiger partial charge < -0.3 is 0 Å². The van der Waals surface area contributed by atoms with E-state index in [0.717, 1.165) is 0 Å². The maximum Gasteiger partial charge on any atom is 0.265 e. The molecule has 0 saturated carbocycles. The summed E-state index contributed by atoms with van der Waals surface area (Å²) in [6.07, 6.45) is 3.56. The Morgan fingerprint density at radius 2 is 1.88 bits per heavy atom. The van der Waals surface area contributed by atoms with E-state index in [1.54, 1.807) is 18.2 Å². The summed E-state index contributed by atoms with van der Waals surface area (Å²) < 4.78 is 0. The summed E-state index contributed by atoms with van der Waals surface area (Å²) in [6.45, 7) is 9.43. The van der Waals surface area contributed by atoms with Crippen molar-refractivity contribution < 1.29 is 4.79 Å². The van der Waals surface area contributed by atoms with E-state index in [9.17, 15) is 4.79 Å². The normalized spacial score (nSPS) is 13.5. The highest BCUT2D eigenvalue weighted by molar-refractivity contribution is 5.93. The molecule has 0 bridgehead atoms. The molecule has 0 unspecified atom stereocenters. The van der Waals surface area contributed by atoms with Crippen LogP contribution in [0.4, 0.5) is 0 Å². The molecule has 0 fully saturated rings. The van der Waals surface area contributed by atoms with Gasteiger partial charge in [-0.15, -0.1) is 13.2 Å². The van der Waals surface area contributed by atoms with Crippen LogP contribution in [0.2, 0.25) is 0 Å². The zero-order chi connectivity index (χ0) is 12.7. The average Bonchev–Trinajstić information content (AvgIpc) is 2.39. The Kier molecular flexibility index (Phi) is 5.17. The molecule has 2 atom stereocenters. The smallest absolute Gasteiger partial charge is 0.265 e. The number of hydrogen-bond acceptors (Lipinski definition) is 2. The summed E-state index contributed by atoms with van der Waals surface area (Å²) in [5.74, 6) is 0.0392.